The normalized spacial score (nSPS) is 11.6. The molecule has 0 N–H and O–H groups in total. The van der Waals surface area contributed by atoms with E-state index in [1.54, 1.807) is 11.7 Å². The maximum atomic E-state index is 4.24. The Labute approximate surface area is 77.5 Å². The summed E-state index contributed by atoms with van der Waals surface area (Å²) in [5.74, 6) is 0.383. The summed E-state index contributed by atoms with van der Waals surface area (Å²) in [7, 11) is 1.81. The van der Waals surface area contributed by atoms with Crippen LogP contribution in [0.4, 0.5) is 0 Å². The first-order chi connectivity index (χ1) is 6.75. The third-order valence-electron chi connectivity index (χ3n) is 2.00. The second-order valence-corrected chi connectivity index (χ2v) is 2.96. The Morgan fingerprint density at radius 2 is 2.07 bits per heavy atom. The molecule has 0 saturated heterocycles. The van der Waals surface area contributed by atoms with E-state index in [1.165, 1.54) is 4.63 Å². The van der Waals surface area contributed by atoms with Crippen LogP contribution >= 0.6 is 0 Å². The van der Waals surface area contributed by atoms with Crippen molar-refractivity contribution in [1.82, 2.24) is 40.0 Å². The van der Waals surface area contributed by atoms with E-state index in [0.29, 0.717) is 11.4 Å². The molecule has 3 aromatic heterocycles. The minimum absolute atomic E-state index is 0.383. The van der Waals surface area contributed by atoms with Crippen molar-refractivity contribution in [3.8, 4) is 0 Å². The van der Waals surface area contributed by atoms with E-state index < -0.39 is 0 Å². The highest BCUT2D eigenvalue weighted by atomic mass is 15.6. The third kappa shape index (κ3) is 0.767. The zero-order chi connectivity index (χ0) is 9.71. The average molecular weight is 190 g/mol. The summed E-state index contributed by atoms with van der Waals surface area (Å²) in [6.07, 6.45) is 0. The zero-order valence-electron chi connectivity index (χ0n) is 7.58. The van der Waals surface area contributed by atoms with E-state index in [1.807, 2.05) is 6.92 Å². The minimum atomic E-state index is 0.383. The van der Waals surface area contributed by atoms with Gasteiger partial charge in [0.15, 0.2) is 5.65 Å². The summed E-state index contributed by atoms with van der Waals surface area (Å²) in [6.45, 7) is 1.87. The molecule has 0 atom stereocenters. The largest absolute Gasteiger partial charge is 0.292 e. The number of tetrazole rings is 1. The van der Waals surface area contributed by atoms with Crippen LogP contribution in [0.25, 0.3) is 16.9 Å². The Hall–Kier alpha value is -2.12. The standard InChI is InChI=1S/C6H6N8/c1-3-4-5(13(2)9-3)10-14-6(7-4)8-11-12-14/h1-2H3. The van der Waals surface area contributed by atoms with Gasteiger partial charge < -0.3 is 0 Å². The number of rotatable bonds is 0. The van der Waals surface area contributed by atoms with E-state index in [9.17, 15) is 0 Å². The lowest BCUT2D eigenvalue weighted by Gasteiger charge is -1.91. The minimum Gasteiger partial charge on any atom is -0.247 e. The molecule has 3 aromatic rings. The topological polar surface area (TPSA) is 86.7 Å². The number of aryl methyl sites for hydroxylation is 2. The lowest BCUT2D eigenvalue weighted by atomic mass is 10.4. The molecule has 0 aliphatic carbocycles. The first kappa shape index (κ1) is 7.30. The molecule has 8 nitrogen and oxygen atoms in total. The number of fused-ring (bicyclic) bond motifs is 2. The maximum Gasteiger partial charge on any atom is 0.292 e. The summed E-state index contributed by atoms with van der Waals surface area (Å²) in [5.41, 5.74) is 2.22. The van der Waals surface area contributed by atoms with Gasteiger partial charge in [0.1, 0.15) is 5.52 Å². The molecule has 0 unspecified atom stereocenters. The van der Waals surface area contributed by atoms with E-state index in [0.717, 1.165) is 11.2 Å². The van der Waals surface area contributed by atoms with E-state index in [2.05, 4.69) is 30.7 Å². The lowest BCUT2D eigenvalue weighted by molar-refractivity contribution is 0.709. The van der Waals surface area contributed by atoms with Gasteiger partial charge in [0.05, 0.1) is 5.69 Å². The summed E-state index contributed by atoms with van der Waals surface area (Å²) in [5, 5.41) is 19.2. The highest BCUT2D eigenvalue weighted by molar-refractivity contribution is 5.73. The van der Waals surface area contributed by atoms with Crippen molar-refractivity contribution in [2.75, 3.05) is 0 Å². The van der Waals surface area contributed by atoms with E-state index in [-0.39, 0.29) is 0 Å². The predicted octanol–water partition coefficient (Wildman–Crippen LogP) is -0.891. The number of hydrogen-bond acceptors (Lipinski definition) is 6. The fraction of sp³-hybridized carbons (Fsp3) is 0.333. The molecule has 0 radical (unpaired) electrons. The Balaban J connectivity index is 2.59. The molecule has 3 rings (SSSR count). The van der Waals surface area contributed by atoms with Gasteiger partial charge in [-0.15, -0.1) is 5.10 Å². The van der Waals surface area contributed by atoms with Crippen molar-refractivity contribution < 1.29 is 0 Å². The Bertz CT molecular complexity index is 568. The Morgan fingerprint density at radius 1 is 1.21 bits per heavy atom. The molecule has 0 spiro atoms. The van der Waals surface area contributed by atoms with Crippen LogP contribution in [0.3, 0.4) is 0 Å². The van der Waals surface area contributed by atoms with Gasteiger partial charge in [0, 0.05) is 7.05 Å². The van der Waals surface area contributed by atoms with Crippen molar-refractivity contribution in [2.45, 2.75) is 6.92 Å². The summed E-state index contributed by atoms with van der Waals surface area (Å²) >= 11 is 0. The van der Waals surface area contributed by atoms with Crippen LogP contribution in [-0.4, -0.2) is 40.0 Å². The van der Waals surface area contributed by atoms with E-state index >= 15 is 0 Å². The summed E-state index contributed by atoms with van der Waals surface area (Å²) in [4.78, 5) is 4.24. The molecule has 70 valence electrons. The Morgan fingerprint density at radius 3 is 2.93 bits per heavy atom. The fourth-order valence-corrected chi connectivity index (χ4v) is 1.38. The summed E-state index contributed by atoms with van der Waals surface area (Å²) < 4.78 is 2.93. The van der Waals surface area contributed by atoms with Crippen LogP contribution in [0.2, 0.25) is 0 Å². The molecule has 8 heteroatoms. The monoisotopic (exact) mass is 190 g/mol. The molecule has 3 heterocycles. The van der Waals surface area contributed by atoms with Crippen LogP contribution in [0.1, 0.15) is 5.69 Å². The van der Waals surface area contributed by atoms with Gasteiger partial charge in [-0.05, 0) is 17.4 Å². The molecular weight excluding hydrogens is 184 g/mol. The second kappa shape index (κ2) is 2.22. The third-order valence-corrected chi connectivity index (χ3v) is 2.00. The highest BCUT2D eigenvalue weighted by Crippen LogP contribution is 2.11. The molecule has 0 fully saturated rings. The molecule has 0 aromatic carbocycles. The van der Waals surface area contributed by atoms with Gasteiger partial charge in [-0.2, -0.15) is 5.10 Å². The van der Waals surface area contributed by atoms with Gasteiger partial charge in [-0.1, -0.05) is 9.73 Å². The molecule has 0 saturated carbocycles. The highest BCUT2D eigenvalue weighted by Gasteiger charge is 2.10. The van der Waals surface area contributed by atoms with E-state index in [4.69, 9.17) is 0 Å². The van der Waals surface area contributed by atoms with Crippen molar-refractivity contribution in [2.24, 2.45) is 7.05 Å². The average Bonchev–Trinajstić information content (AvgIpc) is 2.70. The molecule has 14 heavy (non-hydrogen) atoms. The van der Waals surface area contributed by atoms with Crippen molar-refractivity contribution in [3.05, 3.63) is 5.69 Å². The Kier molecular flexibility index (Phi) is 1.16. The molecule has 0 aliphatic heterocycles. The van der Waals surface area contributed by atoms with Crippen LogP contribution in [-0.2, 0) is 7.05 Å². The first-order valence-electron chi connectivity index (χ1n) is 4.01. The first-order valence-corrected chi connectivity index (χ1v) is 4.01. The van der Waals surface area contributed by atoms with Crippen molar-refractivity contribution in [1.29, 1.82) is 0 Å². The maximum absolute atomic E-state index is 4.24. The van der Waals surface area contributed by atoms with Gasteiger partial charge in [0.25, 0.3) is 5.78 Å². The second-order valence-electron chi connectivity index (χ2n) is 2.96. The van der Waals surface area contributed by atoms with Gasteiger partial charge in [-0.25, -0.2) is 9.67 Å². The zero-order valence-corrected chi connectivity index (χ0v) is 7.58. The predicted molar refractivity (Wildman–Crippen MR) is 45.4 cm³/mol. The molecule has 0 aliphatic rings. The number of hydrogen-bond donors (Lipinski definition) is 0. The molecular formula is C6H6N8. The number of aromatic nitrogens is 8. The quantitative estimate of drug-likeness (QED) is 0.457. The van der Waals surface area contributed by atoms with Gasteiger partial charge in [-0.3, -0.25) is 0 Å². The van der Waals surface area contributed by atoms with Crippen LogP contribution in [0.5, 0.6) is 0 Å². The SMILES string of the molecule is Cc1nn(C)c2nn3nnnc3nc12. The van der Waals surface area contributed by atoms with Crippen molar-refractivity contribution >= 4 is 16.9 Å². The summed E-state index contributed by atoms with van der Waals surface area (Å²) in [6, 6.07) is 0. The van der Waals surface area contributed by atoms with Gasteiger partial charge >= 0.3 is 0 Å². The fourth-order valence-electron chi connectivity index (χ4n) is 1.38. The van der Waals surface area contributed by atoms with Crippen molar-refractivity contribution in [3.63, 3.8) is 0 Å². The van der Waals surface area contributed by atoms with Crippen LogP contribution in [0.15, 0.2) is 0 Å². The molecule has 0 bridgehead atoms. The molecule has 0 amide bonds. The van der Waals surface area contributed by atoms with Crippen LogP contribution in [0, 0.1) is 6.92 Å². The number of nitrogens with zero attached hydrogens (tertiary/aromatic N) is 8. The lowest BCUT2D eigenvalue weighted by Crippen LogP contribution is -2.00. The van der Waals surface area contributed by atoms with Gasteiger partial charge in [0.2, 0.25) is 0 Å². The van der Waals surface area contributed by atoms with Crippen LogP contribution < -0.4 is 0 Å². The smallest absolute Gasteiger partial charge is 0.247 e.